The first kappa shape index (κ1) is 9.51. The quantitative estimate of drug-likeness (QED) is 0.690. The maximum absolute atomic E-state index is 3.44. The molecule has 1 N–H and O–H groups in total. The predicted octanol–water partition coefficient (Wildman–Crippen LogP) is 2.95. The first-order valence-electron chi connectivity index (χ1n) is 5.92. The minimum Gasteiger partial charge on any atom is -0.317 e. The minimum atomic E-state index is 0.685. The maximum Gasteiger partial charge on any atom is 0.00695 e. The van der Waals surface area contributed by atoms with Crippen molar-refractivity contribution in [1.82, 2.24) is 5.32 Å². The summed E-state index contributed by atoms with van der Waals surface area (Å²) < 4.78 is 0. The normalized spacial score (nSPS) is 41.5. The lowest BCUT2D eigenvalue weighted by Crippen LogP contribution is -2.27. The average molecular weight is 181 g/mol. The van der Waals surface area contributed by atoms with E-state index in [4.69, 9.17) is 0 Å². The van der Waals surface area contributed by atoms with Crippen molar-refractivity contribution in [3.8, 4) is 0 Å². The molecule has 1 heteroatoms. The molecule has 2 aliphatic rings. The van der Waals surface area contributed by atoms with Crippen LogP contribution in [0.25, 0.3) is 0 Å². The van der Waals surface area contributed by atoms with Gasteiger partial charge in [0, 0.05) is 6.04 Å². The molecule has 0 aromatic carbocycles. The van der Waals surface area contributed by atoms with Gasteiger partial charge in [-0.15, -0.1) is 0 Å². The van der Waals surface area contributed by atoms with Crippen molar-refractivity contribution < 1.29 is 0 Å². The SMILES string of the molecule is CNC1CCC(C)(C2CCCC2)C1. The second-order valence-electron chi connectivity index (χ2n) is 5.36. The smallest absolute Gasteiger partial charge is 0.00695 e. The van der Waals surface area contributed by atoms with Crippen LogP contribution in [-0.2, 0) is 0 Å². The molecular formula is C12H23N. The molecule has 2 atom stereocenters. The van der Waals surface area contributed by atoms with E-state index in [1.54, 1.807) is 0 Å². The molecule has 1 nitrogen and oxygen atoms in total. The van der Waals surface area contributed by atoms with E-state index in [1.807, 2.05) is 0 Å². The fraction of sp³-hybridized carbons (Fsp3) is 1.00. The van der Waals surface area contributed by atoms with Crippen LogP contribution in [0.5, 0.6) is 0 Å². The molecule has 2 rings (SSSR count). The molecule has 0 spiro atoms. The van der Waals surface area contributed by atoms with Gasteiger partial charge in [-0.3, -0.25) is 0 Å². The predicted molar refractivity (Wildman–Crippen MR) is 56.8 cm³/mol. The number of rotatable bonds is 2. The zero-order chi connectivity index (χ0) is 9.31. The van der Waals surface area contributed by atoms with Gasteiger partial charge in [-0.1, -0.05) is 19.8 Å². The second-order valence-corrected chi connectivity index (χ2v) is 5.36. The van der Waals surface area contributed by atoms with E-state index in [0.717, 1.165) is 12.0 Å². The van der Waals surface area contributed by atoms with Crippen molar-refractivity contribution in [2.24, 2.45) is 11.3 Å². The van der Waals surface area contributed by atoms with Crippen LogP contribution in [0.1, 0.15) is 51.9 Å². The molecule has 0 aromatic heterocycles. The molecule has 0 bridgehead atoms. The lowest BCUT2D eigenvalue weighted by Gasteiger charge is -2.31. The van der Waals surface area contributed by atoms with E-state index in [0.29, 0.717) is 5.41 Å². The zero-order valence-corrected chi connectivity index (χ0v) is 9.10. The van der Waals surface area contributed by atoms with Gasteiger partial charge in [0.05, 0.1) is 0 Å². The third-order valence-electron chi connectivity index (χ3n) is 4.53. The third kappa shape index (κ3) is 1.76. The van der Waals surface area contributed by atoms with Crippen LogP contribution in [0.15, 0.2) is 0 Å². The first-order chi connectivity index (χ1) is 6.24. The summed E-state index contributed by atoms with van der Waals surface area (Å²) in [5, 5.41) is 3.44. The Labute approximate surface area is 82.3 Å². The molecule has 0 aromatic rings. The van der Waals surface area contributed by atoms with Crippen molar-refractivity contribution in [2.45, 2.75) is 57.9 Å². The third-order valence-corrected chi connectivity index (χ3v) is 4.53. The fourth-order valence-corrected chi connectivity index (χ4v) is 3.51. The van der Waals surface area contributed by atoms with Gasteiger partial charge < -0.3 is 5.32 Å². The van der Waals surface area contributed by atoms with Gasteiger partial charge in [-0.2, -0.15) is 0 Å². The van der Waals surface area contributed by atoms with E-state index < -0.39 is 0 Å². The number of hydrogen-bond donors (Lipinski definition) is 1. The van der Waals surface area contributed by atoms with Gasteiger partial charge in [0.25, 0.3) is 0 Å². The summed E-state index contributed by atoms with van der Waals surface area (Å²) in [7, 11) is 2.12. The molecule has 0 aliphatic heterocycles. The van der Waals surface area contributed by atoms with E-state index in [2.05, 4.69) is 19.3 Å². The molecule has 76 valence electrons. The highest BCUT2D eigenvalue weighted by molar-refractivity contribution is 4.94. The fourth-order valence-electron chi connectivity index (χ4n) is 3.51. The molecule has 2 unspecified atom stereocenters. The van der Waals surface area contributed by atoms with E-state index in [9.17, 15) is 0 Å². The van der Waals surface area contributed by atoms with Crippen LogP contribution in [-0.4, -0.2) is 13.1 Å². The van der Waals surface area contributed by atoms with Gasteiger partial charge in [-0.05, 0) is 50.5 Å². The highest BCUT2D eigenvalue weighted by Gasteiger charge is 2.41. The van der Waals surface area contributed by atoms with E-state index in [1.165, 1.54) is 44.9 Å². The standard InChI is InChI=1S/C12H23N/c1-12(10-5-3-4-6-10)8-7-11(9-12)13-2/h10-11,13H,3-9H2,1-2H3. The Morgan fingerprint density at radius 2 is 1.85 bits per heavy atom. The van der Waals surface area contributed by atoms with Crippen molar-refractivity contribution in [3.63, 3.8) is 0 Å². The monoisotopic (exact) mass is 181 g/mol. The number of hydrogen-bond acceptors (Lipinski definition) is 1. The summed E-state index contributed by atoms with van der Waals surface area (Å²) in [6.07, 6.45) is 10.3. The van der Waals surface area contributed by atoms with Gasteiger partial charge in [-0.25, -0.2) is 0 Å². The summed E-state index contributed by atoms with van der Waals surface area (Å²) in [6, 6.07) is 0.811. The van der Waals surface area contributed by atoms with Gasteiger partial charge in [0.1, 0.15) is 0 Å². The van der Waals surface area contributed by atoms with Gasteiger partial charge in [0.15, 0.2) is 0 Å². The van der Waals surface area contributed by atoms with Gasteiger partial charge in [0.2, 0.25) is 0 Å². The topological polar surface area (TPSA) is 12.0 Å². The molecule has 2 aliphatic carbocycles. The van der Waals surface area contributed by atoms with Crippen molar-refractivity contribution in [3.05, 3.63) is 0 Å². The van der Waals surface area contributed by atoms with Crippen molar-refractivity contribution in [1.29, 1.82) is 0 Å². The molecule has 0 heterocycles. The minimum absolute atomic E-state index is 0.685. The molecule has 0 radical (unpaired) electrons. The second kappa shape index (κ2) is 3.61. The molecule has 0 saturated heterocycles. The molecule has 13 heavy (non-hydrogen) atoms. The molecule has 0 amide bonds. The van der Waals surface area contributed by atoms with Crippen molar-refractivity contribution >= 4 is 0 Å². The Kier molecular flexibility index (Phi) is 2.64. The first-order valence-corrected chi connectivity index (χ1v) is 5.92. The molecule has 2 fully saturated rings. The molecular weight excluding hydrogens is 158 g/mol. The average Bonchev–Trinajstić information content (AvgIpc) is 2.72. The Morgan fingerprint density at radius 1 is 1.15 bits per heavy atom. The van der Waals surface area contributed by atoms with Crippen LogP contribution in [0, 0.1) is 11.3 Å². The van der Waals surface area contributed by atoms with Crippen LogP contribution in [0.3, 0.4) is 0 Å². The summed E-state index contributed by atoms with van der Waals surface area (Å²) in [6.45, 7) is 2.53. The zero-order valence-electron chi connectivity index (χ0n) is 9.10. The number of nitrogens with one attached hydrogen (secondary N) is 1. The largest absolute Gasteiger partial charge is 0.317 e. The Hall–Kier alpha value is -0.0400. The summed E-state index contributed by atoms with van der Waals surface area (Å²) in [5.74, 6) is 1.05. The van der Waals surface area contributed by atoms with Crippen LogP contribution in [0.4, 0.5) is 0 Å². The Bertz CT molecular complexity index is 172. The lowest BCUT2D eigenvalue weighted by molar-refractivity contribution is 0.192. The highest BCUT2D eigenvalue weighted by Crippen LogP contribution is 2.49. The summed E-state index contributed by atoms with van der Waals surface area (Å²) in [5.41, 5.74) is 0.685. The Morgan fingerprint density at radius 3 is 2.38 bits per heavy atom. The molecule has 2 saturated carbocycles. The summed E-state index contributed by atoms with van der Waals surface area (Å²) >= 11 is 0. The van der Waals surface area contributed by atoms with Crippen LogP contribution in [0.2, 0.25) is 0 Å². The maximum atomic E-state index is 3.44. The van der Waals surface area contributed by atoms with Crippen molar-refractivity contribution in [2.75, 3.05) is 7.05 Å². The summed E-state index contributed by atoms with van der Waals surface area (Å²) in [4.78, 5) is 0. The van der Waals surface area contributed by atoms with Crippen LogP contribution >= 0.6 is 0 Å². The Balaban J connectivity index is 1.96. The van der Waals surface area contributed by atoms with Gasteiger partial charge >= 0.3 is 0 Å². The van der Waals surface area contributed by atoms with Crippen LogP contribution < -0.4 is 5.32 Å². The van der Waals surface area contributed by atoms with E-state index in [-0.39, 0.29) is 0 Å². The highest BCUT2D eigenvalue weighted by atomic mass is 14.9. The lowest BCUT2D eigenvalue weighted by atomic mass is 9.74. The van der Waals surface area contributed by atoms with E-state index >= 15 is 0 Å².